The van der Waals surface area contributed by atoms with Crippen molar-refractivity contribution >= 4 is 17.4 Å². The van der Waals surface area contributed by atoms with E-state index < -0.39 is 17.2 Å². The molecule has 0 saturated heterocycles. The molecular weight excluding hydrogens is 396 g/mol. The number of hydrogen-bond acceptors (Lipinski definition) is 5. The number of amides is 1. The summed E-state index contributed by atoms with van der Waals surface area (Å²) in [6.07, 6.45) is 0. The predicted octanol–water partition coefficient (Wildman–Crippen LogP) is 2.08. The molecule has 0 spiro atoms. The normalized spacial score (nSPS) is 10.8. The summed E-state index contributed by atoms with van der Waals surface area (Å²) in [5.41, 5.74) is 7.96. The SMILES string of the molecule is COCCN(C(=O)c1cc(C)cc(C)c1)c1c(N)n(Cc2ccccc2)c(=O)[nH]c1=O. The van der Waals surface area contributed by atoms with Gasteiger partial charge in [-0.05, 0) is 31.5 Å². The molecule has 3 rings (SSSR count). The van der Waals surface area contributed by atoms with Crippen LogP contribution in [0.5, 0.6) is 0 Å². The van der Waals surface area contributed by atoms with Crippen LogP contribution >= 0.6 is 0 Å². The predicted molar refractivity (Wildman–Crippen MR) is 121 cm³/mol. The van der Waals surface area contributed by atoms with Gasteiger partial charge in [-0.3, -0.25) is 24.0 Å². The molecule has 3 aromatic rings. The highest BCUT2D eigenvalue weighted by molar-refractivity contribution is 6.07. The van der Waals surface area contributed by atoms with Crippen molar-refractivity contribution < 1.29 is 9.53 Å². The first kappa shape index (κ1) is 22.0. The summed E-state index contributed by atoms with van der Waals surface area (Å²) in [6.45, 7) is 4.23. The van der Waals surface area contributed by atoms with Gasteiger partial charge in [0.2, 0.25) is 0 Å². The standard InChI is InChI=1S/C23H26N4O4/c1-15-11-16(2)13-18(12-15)22(29)26(9-10-31-3)19-20(24)27(23(30)25-21(19)28)14-17-7-5-4-6-8-17/h4-8,11-13H,9-10,14,24H2,1-3H3,(H,25,28,30). The lowest BCUT2D eigenvalue weighted by atomic mass is 10.1. The second-order valence-electron chi connectivity index (χ2n) is 7.39. The minimum absolute atomic E-state index is 0.0725. The van der Waals surface area contributed by atoms with Crippen LogP contribution in [0.4, 0.5) is 11.5 Å². The number of anilines is 2. The second-order valence-corrected chi connectivity index (χ2v) is 7.39. The Labute approximate surface area is 179 Å². The van der Waals surface area contributed by atoms with Crippen molar-refractivity contribution in [2.24, 2.45) is 0 Å². The van der Waals surface area contributed by atoms with E-state index >= 15 is 0 Å². The molecule has 2 aromatic carbocycles. The van der Waals surface area contributed by atoms with E-state index in [9.17, 15) is 14.4 Å². The fourth-order valence-electron chi connectivity index (χ4n) is 3.51. The van der Waals surface area contributed by atoms with E-state index in [2.05, 4.69) is 4.98 Å². The minimum Gasteiger partial charge on any atom is -0.383 e. The summed E-state index contributed by atoms with van der Waals surface area (Å²) >= 11 is 0. The highest BCUT2D eigenvalue weighted by atomic mass is 16.5. The van der Waals surface area contributed by atoms with Crippen LogP contribution in [0.2, 0.25) is 0 Å². The highest BCUT2D eigenvalue weighted by Gasteiger charge is 2.25. The van der Waals surface area contributed by atoms with E-state index in [1.807, 2.05) is 50.2 Å². The number of aryl methyl sites for hydroxylation is 2. The van der Waals surface area contributed by atoms with Crippen molar-refractivity contribution in [1.29, 1.82) is 0 Å². The van der Waals surface area contributed by atoms with Crippen LogP contribution in [0.25, 0.3) is 0 Å². The summed E-state index contributed by atoms with van der Waals surface area (Å²) in [5.74, 6) is -0.475. The number of nitrogen functional groups attached to an aromatic ring is 1. The largest absolute Gasteiger partial charge is 0.383 e. The average molecular weight is 422 g/mol. The first-order chi connectivity index (χ1) is 14.8. The van der Waals surface area contributed by atoms with E-state index in [-0.39, 0.29) is 31.2 Å². The number of nitrogens with one attached hydrogen (secondary N) is 1. The molecule has 0 atom stereocenters. The Bertz CT molecular complexity index is 1180. The van der Waals surface area contributed by atoms with Gasteiger partial charge in [0.05, 0.1) is 13.2 Å². The van der Waals surface area contributed by atoms with E-state index in [4.69, 9.17) is 10.5 Å². The van der Waals surface area contributed by atoms with E-state index in [1.54, 1.807) is 12.1 Å². The monoisotopic (exact) mass is 422 g/mol. The average Bonchev–Trinajstić information content (AvgIpc) is 2.73. The fourth-order valence-corrected chi connectivity index (χ4v) is 3.51. The number of nitrogens with two attached hydrogens (primary N) is 1. The maximum atomic E-state index is 13.4. The lowest BCUT2D eigenvalue weighted by Crippen LogP contribution is -2.42. The van der Waals surface area contributed by atoms with Gasteiger partial charge in [0.1, 0.15) is 5.82 Å². The number of H-pyrrole nitrogens is 1. The topological polar surface area (TPSA) is 110 Å². The van der Waals surface area contributed by atoms with Gasteiger partial charge in [0, 0.05) is 19.2 Å². The van der Waals surface area contributed by atoms with Gasteiger partial charge in [-0.25, -0.2) is 4.79 Å². The summed E-state index contributed by atoms with van der Waals surface area (Å²) in [6, 6.07) is 14.7. The van der Waals surface area contributed by atoms with Gasteiger partial charge in [-0.1, -0.05) is 47.5 Å². The molecular formula is C23H26N4O4. The molecule has 0 radical (unpaired) electrons. The molecule has 0 bridgehead atoms. The Kier molecular flexibility index (Phi) is 6.71. The third kappa shape index (κ3) is 4.92. The van der Waals surface area contributed by atoms with Crippen molar-refractivity contribution in [3.8, 4) is 0 Å². The number of hydrogen-bond donors (Lipinski definition) is 2. The molecule has 0 fully saturated rings. The number of aromatic amines is 1. The van der Waals surface area contributed by atoms with Crippen LogP contribution in [0.15, 0.2) is 58.1 Å². The van der Waals surface area contributed by atoms with Gasteiger partial charge >= 0.3 is 5.69 Å². The van der Waals surface area contributed by atoms with Crippen molar-refractivity contribution in [2.45, 2.75) is 20.4 Å². The van der Waals surface area contributed by atoms with Crippen molar-refractivity contribution in [1.82, 2.24) is 9.55 Å². The molecule has 0 unspecified atom stereocenters. The Morgan fingerprint density at radius 1 is 1.10 bits per heavy atom. The number of rotatable bonds is 7. The first-order valence-electron chi connectivity index (χ1n) is 9.87. The van der Waals surface area contributed by atoms with Crippen LogP contribution in [-0.4, -0.2) is 35.7 Å². The number of nitrogens with zero attached hydrogens (tertiary/aromatic N) is 2. The van der Waals surface area contributed by atoms with Gasteiger partial charge in [-0.15, -0.1) is 0 Å². The number of aromatic nitrogens is 2. The molecule has 1 amide bonds. The molecule has 162 valence electrons. The molecule has 8 nitrogen and oxygen atoms in total. The van der Waals surface area contributed by atoms with Crippen molar-refractivity contribution in [3.63, 3.8) is 0 Å². The van der Waals surface area contributed by atoms with E-state index in [0.29, 0.717) is 5.56 Å². The maximum absolute atomic E-state index is 13.4. The van der Waals surface area contributed by atoms with Crippen LogP contribution in [0, 0.1) is 13.8 Å². The smallest absolute Gasteiger partial charge is 0.330 e. The number of ether oxygens (including phenoxy) is 1. The van der Waals surface area contributed by atoms with Gasteiger partial charge in [-0.2, -0.15) is 0 Å². The lowest BCUT2D eigenvalue weighted by molar-refractivity contribution is 0.0975. The van der Waals surface area contributed by atoms with Crippen LogP contribution in [-0.2, 0) is 11.3 Å². The number of benzene rings is 2. The Balaban J connectivity index is 2.12. The molecule has 1 aromatic heterocycles. The zero-order valence-corrected chi connectivity index (χ0v) is 17.8. The van der Waals surface area contributed by atoms with Crippen molar-refractivity contribution in [3.05, 3.63) is 91.6 Å². The summed E-state index contributed by atoms with van der Waals surface area (Å²) in [4.78, 5) is 42.2. The fraction of sp³-hybridized carbons (Fsp3) is 0.261. The molecule has 8 heteroatoms. The van der Waals surface area contributed by atoms with E-state index in [0.717, 1.165) is 16.7 Å². The van der Waals surface area contributed by atoms with E-state index in [1.165, 1.54) is 16.6 Å². The van der Waals surface area contributed by atoms with Crippen LogP contribution in [0.1, 0.15) is 27.0 Å². The Morgan fingerprint density at radius 3 is 2.35 bits per heavy atom. The Hall–Kier alpha value is -3.65. The minimum atomic E-state index is -0.722. The molecule has 1 heterocycles. The molecule has 0 aliphatic heterocycles. The summed E-state index contributed by atoms with van der Waals surface area (Å²) in [5, 5.41) is 0. The zero-order valence-electron chi connectivity index (χ0n) is 17.8. The van der Waals surface area contributed by atoms with Gasteiger partial charge in [0.15, 0.2) is 5.69 Å². The lowest BCUT2D eigenvalue weighted by Gasteiger charge is -2.24. The zero-order chi connectivity index (χ0) is 22.5. The quantitative estimate of drug-likeness (QED) is 0.606. The molecule has 0 aliphatic rings. The second kappa shape index (κ2) is 9.44. The molecule has 0 aliphatic carbocycles. The number of carbonyl (C=O) groups excluding carboxylic acids is 1. The van der Waals surface area contributed by atoms with Crippen LogP contribution < -0.4 is 21.9 Å². The first-order valence-corrected chi connectivity index (χ1v) is 9.87. The summed E-state index contributed by atoms with van der Waals surface area (Å²) in [7, 11) is 1.50. The number of methoxy groups -OCH3 is 1. The maximum Gasteiger partial charge on any atom is 0.330 e. The third-order valence-corrected chi connectivity index (χ3v) is 4.90. The van der Waals surface area contributed by atoms with Gasteiger partial charge < -0.3 is 10.5 Å². The van der Waals surface area contributed by atoms with Crippen molar-refractivity contribution in [2.75, 3.05) is 30.9 Å². The van der Waals surface area contributed by atoms with Crippen LogP contribution in [0.3, 0.4) is 0 Å². The highest BCUT2D eigenvalue weighted by Crippen LogP contribution is 2.21. The van der Waals surface area contributed by atoms with Gasteiger partial charge in [0.25, 0.3) is 11.5 Å². The summed E-state index contributed by atoms with van der Waals surface area (Å²) < 4.78 is 6.39. The number of carbonyl (C=O) groups is 1. The molecule has 31 heavy (non-hydrogen) atoms. The third-order valence-electron chi connectivity index (χ3n) is 4.90. The Morgan fingerprint density at radius 2 is 1.74 bits per heavy atom. The molecule has 3 N–H and O–H groups in total. The molecule has 0 saturated carbocycles.